The van der Waals surface area contributed by atoms with Gasteiger partial charge in [0.15, 0.2) is 10.9 Å². The van der Waals surface area contributed by atoms with E-state index < -0.39 is 39.9 Å². The maximum Gasteiger partial charge on any atom is 0.417 e. The average Bonchev–Trinajstić information content (AvgIpc) is 3.13. The van der Waals surface area contributed by atoms with Gasteiger partial charge in [-0.05, 0) is 24.3 Å². The number of ether oxygens (including phenoxy) is 1. The summed E-state index contributed by atoms with van der Waals surface area (Å²) in [6.45, 7) is 0. The summed E-state index contributed by atoms with van der Waals surface area (Å²) < 4.78 is 71.9. The Bertz CT molecular complexity index is 1430. The zero-order valence-corrected chi connectivity index (χ0v) is 19.2. The highest BCUT2D eigenvalue weighted by atomic mass is 35.5. The van der Waals surface area contributed by atoms with E-state index in [4.69, 9.17) is 39.5 Å². The number of rotatable bonds is 4. The van der Waals surface area contributed by atoms with Crippen LogP contribution >= 0.6 is 46.1 Å². The first-order valence-corrected chi connectivity index (χ1v) is 10.8. The maximum absolute atomic E-state index is 13.9. The third-order valence-electron chi connectivity index (χ3n) is 4.28. The molecule has 0 radical (unpaired) electrons. The van der Waals surface area contributed by atoms with Gasteiger partial charge in [0.1, 0.15) is 27.2 Å². The molecular weight excluding hydrogens is 548 g/mol. The third-order valence-corrected chi connectivity index (χ3v) is 6.30. The highest BCUT2D eigenvalue weighted by Crippen LogP contribution is 2.45. The molecule has 0 unspecified atom stereocenters. The number of thiazole rings is 1. The fourth-order valence-electron chi connectivity index (χ4n) is 2.75. The van der Waals surface area contributed by atoms with E-state index in [0.29, 0.717) is 12.3 Å². The van der Waals surface area contributed by atoms with Gasteiger partial charge in [0.25, 0.3) is 5.91 Å². The van der Waals surface area contributed by atoms with Crippen LogP contribution in [-0.2, 0) is 6.18 Å². The summed E-state index contributed by atoms with van der Waals surface area (Å²) in [6, 6.07) is 4.91. The Kier molecular flexibility index (Phi) is 6.56. The fraction of sp³-hybridized carbons (Fsp3) is 0.0500. The Hall–Kier alpha value is -2.73. The number of benzene rings is 2. The number of aromatic nitrogens is 2. The van der Waals surface area contributed by atoms with E-state index in [1.807, 2.05) is 0 Å². The van der Waals surface area contributed by atoms with Crippen LogP contribution < -0.4 is 10.1 Å². The lowest BCUT2D eigenvalue weighted by Crippen LogP contribution is -2.15. The lowest BCUT2D eigenvalue weighted by atomic mass is 10.2. The zero-order chi connectivity index (χ0) is 24.8. The summed E-state index contributed by atoms with van der Waals surface area (Å²) in [7, 11) is 0. The van der Waals surface area contributed by atoms with Crippen molar-refractivity contribution in [3.63, 3.8) is 0 Å². The molecule has 0 aliphatic heterocycles. The molecule has 0 atom stereocenters. The van der Waals surface area contributed by atoms with E-state index in [9.17, 15) is 26.7 Å². The monoisotopic (exact) mass is 553 g/mol. The number of hydrogen-bond donors (Lipinski definition) is 1. The van der Waals surface area contributed by atoms with Crippen LogP contribution in [0.1, 0.15) is 15.9 Å². The van der Waals surface area contributed by atoms with Gasteiger partial charge in [0.05, 0.1) is 20.8 Å². The molecule has 34 heavy (non-hydrogen) atoms. The number of amides is 1. The smallest absolute Gasteiger partial charge is 0.417 e. The Morgan fingerprint density at radius 3 is 2.35 bits per heavy atom. The van der Waals surface area contributed by atoms with E-state index in [0.717, 1.165) is 29.5 Å². The van der Waals surface area contributed by atoms with Crippen molar-refractivity contribution in [1.29, 1.82) is 0 Å². The number of nitrogens with one attached hydrogen (secondary N) is 1. The summed E-state index contributed by atoms with van der Waals surface area (Å²) in [5, 5.41) is 1.60. The number of hydrogen-bond acceptors (Lipinski definition) is 5. The molecule has 4 rings (SSSR count). The molecule has 0 fully saturated rings. The van der Waals surface area contributed by atoms with Crippen LogP contribution in [0, 0.1) is 11.6 Å². The summed E-state index contributed by atoms with van der Waals surface area (Å²) in [5.74, 6) is -3.75. The van der Waals surface area contributed by atoms with Crippen molar-refractivity contribution in [1.82, 2.24) is 9.97 Å². The minimum Gasteiger partial charge on any atom is -0.434 e. The van der Waals surface area contributed by atoms with Gasteiger partial charge in [-0.1, -0.05) is 52.2 Å². The van der Waals surface area contributed by atoms with E-state index in [-0.39, 0.29) is 37.0 Å². The predicted molar refractivity (Wildman–Crippen MR) is 118 cm³/mol. The molecule has 0 spiro atoms. The number of carbonyl (C=O) groups excluding carboxylic acids is 1. The molecule has 14 heteroatoms. The second-order valence-electron chi connectivity index (χ2n) is 6.53. The van der Waals surface area contributed by atoms with Gasteiger partial charge < -0.3 is 4.74 Å². The predicted octanol–water partition coefficient (Wildman–Crippen LogP) is 7.99. The Balaban J connectivity index is 1.66. The summed E-state index contributed by atoms with van der Waals surface area (Å²) in [6.07, 6.45) is -4.12. The van der Waals surface area contributed by atoms with Crippen LogP contribution in [0.2, 0.25) is 15.1 Å². The number of fused-ring (bicyclic) bond motifs is 1. The third kappa shape index (κ3) is 4.74. The molecule has 0 bridgehead atoms. The number of anilines is 1. The molecule has 2 aromatic heterocycles. The van der Waals surface area contributed by atoms with Crippen molar-refractivity contribution in [3.05, 3.63) is 74.4 Å². The zero-order valence-electron chi connectivity index (χ0n) is 16.1. The first-order chi connectivity index (χ1) is 16.0. The van der Waals surface area contributed by atoms with Gasteiger partial charge in [-0.2, -0.15) is 13.2 Å². The first-order valence-electron chi connectivity index (χ1n) is 8.90. The molecule has 2 heterocycles. The minimum atomic E-state index is -4.65. The molecule has 4 aromatic rings. The summed E-state index contributed by atoms with van der Waals surface area (Å²) >= 11 is 19.2. The molecular formula is C20H7Cl3F5N3O2S. The van der Waals surface area contributed by atoms with Crippen LogP contribution in [0.3, 0.4) is 0 Å². The maximum atomic E-state index is 13.9. The number of nitrogens with zero attached hydrogens (tertiary/aromatic N) is 2. The number of alkyl halides is 3. The molecule has 5 nitrogen and oxygen atoms in total. The molecule has 0 saturated carbocycles. The van der Waals surface area contributed by atoms with Crippen LogP contribution in [-0.4, -0.2) is 15.9 Å². The second-order valence-corrected chi connectivity index (χ2v) is 8.72. The van der Waals surface area contributed by atoms with Gasteiger partial charge in [-0.25, -0.2) is 18.7 Å². The SMILES string of the molecule is O=C(Nc1nc2cc(Cl)c(Oc3ncc(C(F)(F)F)cc3Cl)c(Cl)c2s1)c1c(F)cccc1F. The van der Waals surface area contributed by atoms with Gasteiger partial charge in [-0.15, -0.1) is 0 Å². The number of carbonyl (C=O) groups is 1. The molecule has 1 amide bonds. The first kappa shape index (κ1) is 24.4. The molecule has 176 valence electrons. The van der Waals surface area contributed by atoms with Crippen LogP contribution in [0.4, 0.5) is 27.1 Å². The van der Waals surface area contributed by atoms with E-state index in [2.05, 4.69) is 15.3 Å². The normalized spacial score (nSPS) is 11.6. The Morgan fingerprint density at radius 1 is 1.06 bits per heavy atom. The largest absolute Gasteiger partial charge is 0.434 e. The highest BCUT2D eigenvalue weighted by Gasteiger charge is 2.32. The number of halogens is 8. The van der Waals surface area contributed by atoms with Crippen molar-refractivity contribution >= 4 is 67.4 Å². The minimum absolute atomic E-state index is 0.0524. The van der Waals surface area contributed by atoms with Gasteiger partial charge >= 0.3 is 6.18 Å². The lowest BCUT2D eigenvalue weighted by molar-refractivity contribution is -0.137. The summed E-state index contributed by atoms with van der Waals surface area (Å²) in [4.78, 5) is 20.0. The van der Waals surface area contributed by atoms with Gasteiger partial charge in [-0.3, -0.25) is 10.1 Å². The van der Waals surface area contributed by atoms with Crippen LogP contribution in [0.25, 0.3) is 10.2 Å². The second kappa shape index (κ2) is 9.14. The van der Waals surface area contributed by atoms with E-state index in [1.165, 1.54) is 6.07 Å². The van der Waals surface area contributed by atoms with Crippen molar-refractivity contribution in [2.45, 2.75) is 6.18 Å². The topological polar surface area (TPSA) is 64.1 Å². The molecule has 1 N–H and O–H groups in total. The van der Waals surface area contributed by atoms with Crippen molar-refractivity contribution < 1.29 is 31.5 Å². The van der Waals surface area contributed by atoms with Gasteiger partial charge in [0.2, 0.25) is 5.88 Å². The molecule has 0 saturated heterocycles. The van der Waals surface area contributed by atoms with E-state index in [1.54, 1.807) is 0 Å². The highest BCUT2D eigenvalue weighted by molar-refractivity contribution is 7.23. The van der Waals surface area contributed by atoms with Crippen LogP contribution in [0.15, 0.2) is 36.5 Å². The van der Waals surface area contributed by atoms with E-state index >= 15 is 0 Å². The van der Waals surface area contributed by atoms with Crippen LogP contribution in [0.5, 0.6) is 11.6 Å². The standard InChI is InChI=1S/C20H7Cl3F5N3O2S/c21-8-5-12-16(34-19(30-12)31-17(32)13-10(24)2-1-3-11(13)25)14(23)15(8)33-18-9(22)4-7(6-29-18)20(26,27)28/h1-6H,(H,30,31,32). The van der Waals surface area contributed by atoms with Gasteiger partial charge in [0, 0.05) is 6.20 Å². The fourth-order valence-corrected chi connectivity index (χ4v) is 4.47. The molecule has 0 aliphatic carbocycles. The van der Waals surface area contributed by atoms with Crippen molar-refractivity contribution in [2.24, 2.45) is 0 Å². The Morgan fingerprint density at radius 2 is 1.74 bits per heavy atom. The number of pyridine rings is 1. The molecule has 0 aliphatic rings. The quantitative estimate of drug-likeness (QED) is 0.260. The lowest BCUT2D eigenvalue weighted by Gasteiger charge is -2.12. The van der Waals surface area contributed by atoms with Crippen molar-refractivity contribution in [3.8, 4) is 11.6 Å². The average molecular weight is 555 g/mol. The Labute approximate surface area is 206 Å². The van der Waals surface area contributed by atoms with Crippen molar-refractivity contribution in [2.75, 3.05) is 5.32 Å². The molecule has 2 aromatic carbocycles. The summed E-state index contributed by atoms with van der Waals surface area (Å²) in [5.41, 5.74) is -1.66.